The first kappa shape index (κ1) is 15.3. The van der Waals surface area contributed by atoms with E-state index in [1.807, 2.05) is 20.0 Å². The Bertz CT molecular complexity index is 831. The second kappa shape index (κ2) is 6.36. The number of piperidine rings is 1. The summed E-state index contributed by atoms with van der Waals surface area (Å²) in [5.74, 6) is 1.91. The maximum Gasteiger partial charge on any atom is 0.132 e. The molecule has 0 amide bonds. The summed E-state index contributed by atoms with van der Waals surface area (Å²) in [4.78, 5) is 15.7. The highest BCUT2D eigenvalue weighted by molar-refractivity contribution is 7.17. The second-order valence-corrected chi connectivity index (χ2v) is 7.23. The average molecular weight is 339 g/mol. The fraction of sp³-hybridized carbons (Fsp3) is 0.389. The predicted octanol–water partition coefficient (Wildman–Crippen LogP) is 3.78. The molecule has 1 fully saturated rings. The lowest BCUT2D eigenvalue weighted by atomic mass is 10.0. The van der Waals surface area contributed by atoms with Crippen LogP contribution in [0.25, 0.3) is 10.2 Å². The third kappa shape index (κ3) is 3.06. The summed E-state index contributed by atoms with van der Waals surface area (Å²) in [7, 11) is 0. The first-order valence-corrected chi connectivity index (χ1v) is 9.23. The molecule has 0 aromatic carbocycles. The fourth-order valence-electron chi connectivity index (χ4n) is 3.32. The van der Waals surface area contributed by atoms with Crippen LogP contribution in [0, 0.1) is 13.8 Å². The van der Waals surface area contributed by atoms with E-state index in [-0.39, 0.29) is 0 Å². The Morgan fingerprint density at radius 1 is 1.17 bits per heavy atom. The summed E-state index contributed by atoms with van der Waals surface area (Å²) in [6.45, 7) is 6.03. The molecular weight excluding hydrogens is 318 g/mol. The van der Waals surface area contributed by atoms with Crippen molar-refractivity contribution in [3.8, 4) is 0 Å². The maximum atomic E-state index is 4.59. The van der Waals surface area contributed by atoms with Crippen molar-refractivity contribution in [3.63, 3.8) is 0 Å². The molecule has 0 saturated carbocycles. The third-order valence-electron chi connectivity index (χ3n) is 4.47. The highest BCUT2D eigenvalue weighted by Crippen LogP contribution is 2.29. The molecule has 4 heterocycles. The Labute approximate surface area is 145 Å². The number of thiophene rings is 1. The van der Waals surface area contributed by atoms with Crippen LogP contribution in [-0.2, 0) is 0 Å². The van der Waals surface area contributed by atoms with Crippen LogP contribution in [0.4, 0.5) is 11.5 Å². The molecule has 0 atom stereocenters. The molecule has 0 aliphatic carbocycles. The molecule has 0 unspecified atom stereocenters. The van der Waals surface area contributed by atoms with E-state index in [9.17, 15) is 0 Å². The normalized spacial score (nSPS) is 15.8. The zero-order valence-corrected chi connectivity index (χ0v) is 14.8. The van der Waals surface area contributed by atoms with Crippen LogP contribution in [-0.4, -0.2) is 34.1 Å². The quantitative estimate of drug-likeness (QED) is 0.787. The smallest absolute Gasteiger partial charge is 0.132 e. The lowest BCUT2D eigenvalue weighted by molar-refractivity contribution is 0.523. The van der Waals surface area contributed by atoms with E-state index in [1.54, 1.807) is 11.3 Å². The van der Waals surface area contributed by atoms with Crippen molar-refractivity contribution in [1.29, 1.82) is 0 Å². The lowest BCUT2D eigenvalue weighted by Crippen LogP contribution is -2.39. The standard InChI is InChI=1S/C18H21N5S/c1-12-11-17(21-13(2)20-12)23-8-4-14(5-9-23)22-16-3-7-19-15-6-10-24-18(15)16/h3,6-7,10-11,14H,4-5,8-9H2,1-2H3,(H,19,22). The van der Waals surface area contributed by atoms with Gasteiger partial charge in [0.15, 0.2) is 0 Å². The molecule has 1 N–H and O–H groups in total. The van der Waals surface area contributed by atoms with E-state index in [2.05, 4.69) is 48.7 Å². The molecule has 1 aliphatic rings. The predicted molar refractivity (Wildman–Crippen MR) is 100.0 cm³/mol. The molecule has 3 aromatic heterocycles. The highest BCUT2D eigenvalue weighted by Gasteiger charge is 2.21. The van der Waals surface area contributed by atoms with Gasteiger partial charge in [-0.2, -0.15) is 0 Å². The molecule has 1 saturated heterocycles. The van der Waals surface area contributed by atoms with Crippen molar-refractivity contribution in [1.82, 2.24) is 15.0 Å². The van der Waals surface area contributed by atoms with Crippen LogP contribution in [0.2, 0.25) is 0 Å². The SMILES string of the molecule is Cc1cc(N2CCC(Nc3ccnc4ccsc34)CC2)nc(C)n1. The molecule has 0 radical (unpaired) electrons. The van der Waals surface area contributed by atoms with Gasteiger partial charge in [-0.05, 0) is 44.2 Å². The van der Waals surface area contributed by atoms with Crippen molar-refractivity contribution < 1.29 is 0 Å². The van der Waals surface area contributed by atoms with Crippen molar-refractivity contribution in [2.75, 3.05) is 23.3 Å². The zero-order valence-electron chi connectivity index (χ0n) is 14.0. The highest BCUT2D eigenvalue weighted by atomic mass is 32.1. The Balaban J connectivity index is 1.44. The number of pyridine rings is 1. The Morgan fingerprint density at radius 2 is 2.00 bits per heavy atom. The maximum absolute atomic E-state index is 4.59. The monoisotopic (exact) mass is 339 g/mol. The van der Waals surface area contributed by atoms with Gasteiger partial charge in [-0.25, -0.2) is 9.97 Å². The Hall–Kier alpha value is -2.21. The first-order chi connectivity index (χ1) is 11.7. The van der Waals surface area contributed by atoms with Crippen molar-refractivity contribution in [3.05, 3.63) is 41.3 Å². The van der Waals surface area contributed by atoms with E-state index in [1.165, 1.54) is 10.4 Å². The fourth-order valence-corrected chi connectivity index (χ4v) is 4.15. The number of fused-ring (bicyclic) bond motifs is 1. The van der Waals surface area contributed by atoms with E-state index in [4.69, 9.17) is 0 Å². The Kier molecular flexibility index (Phi) is 4.06. The van der Waals surface area contributed by atoms with Crippen LogP contribution in [0.15, 0.2) is 29.8 Å². The minimum Gasteiger partial charge on any atom is -0.381 e. The van der Waals surface area contributed by atoms with Gasteiger partial charge < -0.3 is 10.2 Å². The Morgan fingerprint density at radius 3 is 2.79 bits per heavy atom. The molecule has 5 nitrogen and oxygen atoms in total. The summed E-state index contributed by atoms with van der Waals surface area (Å²) >= 11 is 1.75. The number of aryl methyl sites for hydroxylation is 2. The molecule has 6 heteroatoms. The summed E-state index contributed by atoms with van der Waals surface area (Å²) in [6, 6.07) is 6.74. The number of nitrogens with one attached hydrogen (secondary N) is 1. The minimum atomic E-state index is 0.498. The number of aromatic nitrogens is 3. The third-order valence-corrected chi connectivity index (χ3v) is 5.41. The topological polar surface area (TPSA) is 53.9 Å². The average Bonchev–Trinajstić information content (AvgIpc) is 3.04. The number of hydrogen-bond acceptors (Lipinski definition) is 6. The molecule has 0 bridgehead atoms. The van der Waals surface area contributed by atoms with Gasteiger partial charge in [0.2, 0.25) is 0 Å². The lowest BCUT2D eigenvalue weighted by Gasteiger charge is -2.33. The number of anilines is 2. The van der Waals surface area contributed by atoms with Crippen LogP contribution >= 0.6 is 11.3 Å². The summed E-state index contributed by atoms with van der Waals surface area (Å²) < 4.78 is 1.25. The molecular formula is C18H21N5S. The van der Waals surface area contributed by atoms with E-state index in [0.717, 1.165) is 48.8 Å². The first-order valence-electron chi connectivity index (χ1n) is 8.35. The van der Waals surface area contributed by atoms with Gasteiger partial charge in [0.1, 0.15) is 11.6 Å². The van der Waals surface area contributed by atoms with Gasteiger partial charge in [-0.15, -0.1) is 11.3 Å². The van der Waals surface area contributed by atoms with Crippen LogP contribution < -0.4 is 10.2 Å². The van der Waals surface area contributed by atoms with Gasteiger partial charge in [-0.1, -0.05) is 0 Å². The number of rotatable bonds is 3. The van der Waals surface area contributed by atoms with Crippen LogP contribution in [0.5, 0.6) is 0 Å². The summed E-state index contributed by atoms with van der Waals surface area (Å²) in [5.41, 5.74) is 3.33. The molecule has 4 rings (SSSR count). The van der Waals surface area contributed by atoms with Crippen LogP contribution in [0.1, 0.15) is 24.4 Å². The van der Waals surface area contributed by atoms with Crippen molar-refractivity contribution in [2.45, 2.75) is 32.7 Å². The number of nitrogens with zero attached hydrogens (tertiary/aromatic N) is 4. The van der Waals surface area contributed by atoms with Gasteiger partial charge in [-0.3, -0.25) is 4.98 Å². The largest absolute Gasteiger partial charge is 0.381 e. The van der Waals surface area contributed by atoms with E-state index in [0.29, 0.717) is 6.04 Å². The zero-order chi connectivity index (χ0) is 16.5. The molecule has 3 aromatic rings. The van der Waals surface area contributed by atoms with Crippen molar-refractivity contribution >= 4 is 33.1 Å². The summed E-state index contributed by atoms with van der Waals surface area (Å²) in [6.07, 6.45) is 4.10. The summed E-state index contributed by atoms with van der Waals surface area (Å²) in [5, 5.41) is 5.82. The van der Waals surface area contributed by atoms with E-state index < -0.39 is 0 Å². The van der Waals surface area contributed by atoms with Gasteiger partial charge in [0.05, 0.1) is 15.9 Å². The van der Waals surface area contributed by atoms with Crippen LogP contribution in [0.3, 0.4) is 0 Å². The van der Waals surface area contributed by atoms with Gasteiger partial charge in [0.25, 0.3) is 0 Å². The number of hydrogen-bond donors (Lipinski definition) is 1. The molecule has 0 spiro atoms. The van der Waals surface area contributed by atoms with Gasteiger partial charge >= 0.3 is 0 Å². The minimum absolute atomic E-state index is 0.498. The molecule has 24 heavy (non-hydrogen) atoms. The van der Waals surface area contributed by atoms with Crippen molar-refractivity contribution in [2.24, 2.45) is 0 Å². The van der Waals surface area contributed by atoms with E-state index >= 15 is 0 Å². The molecule has 124 valence electrons. The molecule has 1 aliphatic heterocycles. The van der Waals surface area contributed by atoms with Gasteiger partial charge in [0, 0.05) is 37.1 Å². The second-order valence-electron chi connectivity index (χ2n) is 6.31.